The van der Waals surface area contributed by atoms with E-state index in [9.17, 15) is 9.59 Å². The quantitative estimate of drug-likeness (QED) is 0.774. The minimum Gasteiger partial charge on any atom is -0.331 e. The molecule has 2 amide bonds. The average molecular weight is 348 g/mol. The largest absolute Gasteiger partial charge is 0.331 e. The van der Waals surface area contributed by atoms with Crippen molar-refractivity contribution < 1.29 is 9.59 Å². The lowest BCUT2D eigenvalue weighted by Gasteiger charge is -2.26. The van der Waals surface area contributed by atoms with Crippen LogP contribution in [0.15, 0.2) is 36.4 Å². The molecule has 1 aromatic heterocycles. The predicted octanol–water partition coefficient (Wildman–Crippen LogP) is 3.04. The second kappa shape index (κ2) is 5.98. The maximum absolute atomic E-state index is 12.6. The Labute approximate surface area is 151 Å². The topological polar surface area (TPSA) is 67.2 Å². The number of rotatable bonds is 2. The average Bonchev–Trinajstić information content (AvgIpc) is 2.92. The zero-order valence-electron chi connectivity index (χ0n) is 15.0. The van der Waals surface area contributed by atoms with Gasteiger partial charge >= 0.3 is 0 Å². The number of imidazole rings is 1. The summed E-state index contributed by atoms with van der Waals surface area (Å²) in [7, 11) is 3.74. The fraction of sp³-hybridized carbons (Fsp3) is 0.250. The van der Waals surface area contributed by atoms with Crippen molar-refractivity contribution in [2.24, 2.45) is 7.05 Å². The first-order valence-corrected chi connectivity index (χ1v) is 8.58. The Kier molecular flexibility index (Phi) is 3.76. The number of nitrogens with one attached hydrogen (secondary N) is 1. The van der Waals surface area contributed by atoms with Crippen molar-refractivity contribution in [3.63, 3.8) is 0 Å². The molecule has 3 aromatic rings. The number of benzene rings is 2. The van der Waals surface area contributed by atoms with Crippen LogP contribution in [0.25, 0.3) is 11.0 Å². The SMILES string of the molecule is Cc1nc2cc(C(=O)Nc3ccc4c(c3)CCC(=O)N4C)ccc2n1C. The Bertz CT molecular complexity index is 1050. The van der Waals surface area contributed by atoms with Gasteiger partial charge in [0.25, 0.3) is 5.91 Å². The summed E-state index contributed by atoms with van der Waals surface area (Å²) in [5.41, 5.74) is 5.09. The second-order valence-corrected chi connectivity index (χ2v) is 6.67. The molecular weight excluding hydrogens is 328 g/mol. The van der Waals surface area contributed by atoms with E-state index in [0.29, 0.717) is 18.4 Å². The van der Waals surface area contributed by atoms with Gasteiger partial charge in [0, 0.05) is 37.5 Å². The minimum atomic E-state index is -0.171. The van der Waals surface area contributed by atoms with Crippen LogP contribution < -0.4 is 10.2 Å². The van der Waals surface area contributed by atoms with Gasteiger partial charge in [0.1, 0.15) is 5.82 Å². The molecule has 0 atom stereocenters. The lowest BCUT2D eigenvalue weighted by Crippen LogP contribution is -2.31. The summed E-state index contributed by atoms with van der Waals surface area (Å²) >= 11 is 0. The first-order chi connectivity index (χ1) is 12.4. The fourth-order valence-corrected chi connectivity index (χ4v) is 3.40. The number of fused-ring (bicyclic) bond motifs is 2. The summed E-state index contributed by atoms with van der Waals surface area (Å²) < 4.78 is 2.00. The molecule has 6 nitrogen and oxygen atoms in total. The van der Waals surface area contributed by atoms with Gasteiger partial charge in [0.15, 0.2) is 0 Å². The molecule has 2 heterocycles. The van der Waals surface area contributed by atoms with Crippen molar-refractivity contribution in [1.29, 1.82) is 0 Å². The monoisotopic (exact) mass is 348 g/mol. The maximum Gasteiger partial charge on any atom is 0.255 e. The fourth-order valence-electron chi connectivity index (χ4n) is 3.40. The molecule has 0 aliphatic carbocycles. The smallest absolute Gasteiger partial charge is 0.255 e. The van der Waals surface area contributed by atoms with Crippen LogP contribution in [0.5, 0.6) is 0 Å². The van der Waals surface area contributed by atoms with Crippen LogP contribution in [-0.2, 0) is 18.3 Å². The van der Waals surface area contributed by atoms with Gasteiger partial charge in [-0.3, -0.25) is 9.59 Å². The molecule has 2 aromatic carbocycles. The van der Waals surface area contributed by atoms with Crippen molar-refractivity contribution in [2.75, 3.05) is 17.3 Å². The number of hydrogen-bond acceptors (Lipinski definition) is 3. The lowest BCUT2D eigenvalue weighted by molar-refractivity contribution is -0.118. The number of anilines is 2. The van der Waals surface area contributed by atoms with Gasteiger partial charge in [0.2, 0.25) is 5.91 Å². The van der Waals surface area contributed by atoms with E-state index in [1.807, 2.05) is 54.9 Å². The van der Waals surface area contributed by atoms with E-state index >= 15 is 0 Å². The molecule has 0 bridgehead atoms. The van der Waals surface area contributed by atoms with Crippen LogP contribution >= 0.6 is 0 Å². The Hall–Kier alpha value is -3.15. The highest BCUT2D eigenvalue weighted by Gasteiger charge is 2.21. The number of hydrogen-bond donors (Lipinski definition) is 1. The molecule has 1 aliphatic rings. The molecule has 4 rings (SSSR count). The Morgan fingerprint density at radius 3 is 2.73 bits per heavy atom. The van der Waals surface area contributed by atoms with E-state index in [1.54, 1.807) is 11.9 Å². The molecule has 132 valence electrons. The first-order valence-electron chi connectivity index (χ1n) is 8.58. The third-order valence-electron chi connectivity index (χ3n) is 5.05. The number of carbonyl (C=O) groups is 2. The van der Waals surface area contributed by atoms with Gasteiger partial charge < -0.3 is 14.8 Å². The van der Waals surface area contributed by atoms with Gasteiger partial charge in [-0.2, -0.15) is 0 Å². The Morgan fingerprint density at radius 2 is 1.92 bits per heavy atom. The van der Waals surface area contributed by atoms with Crippen LogP contribution in [0.4, 0.5) is 11.4 Å². The molecule has 6 heteroatoms. The predicted molar refractivity (Wildman–Crippen MR) is 102 cm³/mol. The van der Waals surface area contributed by atoms with Crippen LogP contribution in [0, 0.1) is 6.92 Å². The van der Waals surface area contributed by atoms with E-state index in [0.717, 1.165) is 33.8 Å². The van der Waals surface area contributed by atoms with Gasteiger partial charge in [-0.05, 0) is 55.3 Å². The third kappa shape index (κ3) is 2.63. The molecule has 0 fully saturated rings. The number of nitrogens with zero attached hydrogens (tertiary/aromatic N) is 3. The standard InChI is InChI=1S/C20H20N4O2/c1-12-21-16-11-14(4-7-18(16)23(12)2)20(26)22-15-6-8-17-13(10-15)5-9-19(25)24(17)3/h4,6-8,10-11H,5,9H2,1-3H3,(H,22,26). The van der Waals surface area contributed by atoms with E-state index < -0.39 is 0 Å². The van der Waals surface area contributed by atoms with Crippen molar-refractivity contribution in [3.8, 4) is 0 Å². The van der Waals surface area contributed by atoms with Crippen LogP contribution in [0.1, 0.15) is 28.2 Å². The van der Waals surface area contributed by atoms with Gasteiger partial charge in [-0.1, -0.05) is 0 Å². The van der Waals surface area contributed by atoms with E-state index in [4.69, 9.17) is 0 Å². The number of aromatic nitrogens is 2. The van der Waals surface area contributed by atoms with Crippen LogP contribution in [0.3, 0.4) is 0 Å². The second-order valence-electron chi connectivity index (χ2n) is 6.67. The highest BCUT2D eigenvalue weighted by molar-refractivity contribution is 6.06. The van der Waals surface area contributed by atoms with Gasteiger partial charge in [0.05, 0.1) is 11.0 Å². The summed E-state index contributed by atoms with van der Waals surface area (Å²) in [6.07, 6.45) is 1.19. The van der Waals surface area contributed by atoms with Crippen molar-refractivity contribution >= 4 is 34.2 Å². The van der Waals surface area contributed by atoms with Crippen LogP contribution in [0.2, 0.25) is 0 Å². The zero-order valence-corrected chi connectivity index (χ0v) is 15.0. The molecular formula is C20H20N4O2. The van der Waals surface area contributed by atoms with E-state index in [2.05, 4.69) is 10.3 Å². The summed E-state index contributed by atoms with van der Waals surface area (Å²) in [4.78, 5) is 30.6. The molecule has 1 aliphatic heterocycles. The van der Waals surface area contributed by atoms with Crippen molar-refractivity contribution in [2.45, 2.75) is 19.8 Å². The number of aryl methyl sites for hydroxylation is 3. The highest BCUT2D eigenvalue weighted by atomic mass is 16.2. The molecule has 26 heavy (non-hydrogen) atoms. The zero-order chi connectivity index (χ0) is 18.4. The molecule has 0 unspecified atom stereocenters. The van der Waals surface area contributed by atoms with Gasteiger partial charge in [-0.15, -0.1) is 0 Å². The number of carbonyl (C=O) groups excluding carboxylic acids is 2. The minimum absolute atomic E-state index is 0.119. The summed E-state index contributed by atoms with van der Waals surface area (Å²) in [6, 6.07) is 11.2. The summed E-state index contributed by atoms with van der Waals surface area (Å²) in [6.45, 7) is 1.94. The highest BCUT2D eigenvalue weighted by Crippen LogP contribution is 2.29. The Balaban J connectivity index is 1.59. The molecule has 0 saturated heterocycles. The molecule has 1 N–H and O–H groups in total. The molecule has 0 spiro atoms. The lowest BCUT2D eigenvalue weighted by atomic mass is 10.0. The molecule has 0 radical (unpaired) electrons. The first kappa shape index (κ1) is 16.3. The normalized spacial score (nSPS) is 13.8. The van der Waals surface area contributed by atoms with E-state index in [1.165, 1.54) is 0 Å². The molecule has 0 saturated carbocycles. The Morgan fingerprint density at radius 1 is 1.12 bits per heavy atom. The maximum atomic E-state index is 12.6. The van der Waals surface area contributed by atoms with Crippen molar-refractivity contribution in [1.82, 2.24) is 9.55 Å². The van der Waals surface area contributed by atoms with Crippen molar-refractivity contribution in [3.05, 3.63) is 53.3 Å². The third-order valence-corrected chi connectivity index (χ3v) is 5.05. The van der Waals surface area contributed by atoms with E-state index in [-0.39, 0.29) is 11.8 Å². The number of amides is 2. The van der Waals surface area contributed by atoms with Gasteiger partial charge in [-0.25, -0.2) is 4.98 Å². The van der Waals surface area contributed by atoms with Crippen LogP contribution in [-0.4, -0.2) is 28.4 Å². The summed E-state index contributed by atoms with van der Waals surface area (Å²) in [5, 5.41) is 2.94. The summed E-state index contributed by atoms with van der Waals surface area (Å²) in [5.74, 6) is 0.856.